The number of rotatable bonds is 6. The minimum atomic E-state index is -3.06. The highest BCUT2D eigenvalue weighted by atomic mass is 28.3. The van der Waals surface area contributed by atoms with Crippen molar-refractivity contribution >= 4 is 94.4 Å². The number of para-hydroxylation sites is 2. The molecule has 0 fully saturated rings. The van der Waals surface area contributed by atoms with Crippen LogP contribution in [0.1, 0.15) is 11.1 Å². The number of aromatic nitrogens is 3. The first kappa shape index (κ1) is 35.5. The molecular formula is C55H33N5OSi. The summed E-state index contributed by atoms with van der Waals surface area (Å²) >= 11 is 0. The second-order valence-corrected chi connectivity index (χ2v) is 19.6. The summed E-state index contributed by atoms with van der Waals surface area (Å²) in [6.07, 6.45) is 3.81. The largest absolute Gasteiger partial charge is 0.454 e. The zero-order valence-electron chi connectivity index (χ0n) is 33.2. The minimum absolute atomic E-state index is 0.576. The van der Waals surface area contributed by atoms with Crippen molar-refractivity contribution < 1.29 is 4.42 Å². The van der Waals surface area contributed by atoms with Crippen molar-refractivity contribution in [1.82, 2.24) is 14.1 Å². The van der Waals surface area contributed by atoms with Gasteiger partial charge < -0.3 is 13.6 Å². The van der Waals surface area contributed by atoms with Gasteiger partial charge in [-0.25, -0.2) is 0 Å². The smallest absolute Gasteiger partial charge is 0.179 e. The van der Waals surface area contributed by atoms with Crippen molar-refractivity contribution in [3.63, 3.8) is 0 Å². The second-order valence-electron chi connectivity index (χ2n) is 15.8. The van der Waals surface area contributed by atoms with Gasteiger partial charge in [0.05, 0.1) is 45.3 Å². The molecule has 0 aliphatic heterocycles. The molecule has 4 heterocycles. The minimum Gasteiger partial charge on any atom is -0.454 e. The molecule has 12 aromatic rings. The average Bonchev–Trinajstić information content (AvgIpc) is 4.00. The molecule has 8 aromatic carbocycles. The standard InChI is InChI=1S/C55H33N5OSi/c56-34-36-17-25-51-48(31-36)49-32-37(35-57)18-26-52(49)59(51)39-9-8-12-43(33-39)62(40-10-2-1-3-11-40,42-27-29-58-30-28-42)41-21-19-38(20-22-41)60-50-15-6-4-13-44(50)46-23-24-47-45-14-5-7-16-53(45)61-55(47)54(46)60/h1-33H. The van der Waals surface area contributed by atoms with Crippen LogP contribution in [0.25, 0.3) is 76.9 Å². The molecule has 4 aromatic heterocycles. The monoisotopic (exact) mass is 807 g/mol. The van der Waals surface area contributed by atoms with Crippen molar-refractivity contribution in [1.29, 1.82) is 10.5 Å². The van der Waals surface area contributed by atoms with Gasteiger partial charge in [0.1, 0.15) is 5.58 Å². The van der Waals surface area contributed by atoms with Crippen LogP contribution in [0.15, 0.2) is 205 Å². The lowest BCUT2D eigenvalue weighted by atomic mass is 10.1. The third-order valence-corrected chi connectivity index (χ3v) is 17.4. The van der Waals surface area contributed by atoms with Crippen LogP contribution in [0.2, 0.25) is 0 Å². The first-order valence-electron chi connectivity index (χ1n) is 20.6. The fourth-order valence-corrected chi connectivity index (χ4v) is 14.7. The van der Waals surface area contributed by atoms with Crippen LogP contribution >= 0.6 is 0 Å². The fraction of sp³-hybridized carbons (Fsp3) is 0. The summed E-state index contributed by atoms with van der Waals surface area (Å²) < 4.78 is 11.3. The zero-order valence-corrected chi connectivity index (χ0v) is 34.2. The number of nitrogens with zero attached hydrogens (tertiary/aromatic N) is 5. The van der Waals surface area contributed by atoms with E-state index in [2.05, 4.69) is 166 Å². The van der Waals surface area contributed by atoms with Crippen molar-refractivity contribution in [2.75, 3.05) is 0 Å². The Morgan fingerprint density at radius 1 is 0.419 bits per heavy atom. The molecule has 288 valence electrons. The Labute approximate surface area is 357 Å². The average molecular weight is 808 g/mol. The molecule has 1 unspecified atom stereocenters. The Balaban J connectivity index is 1.11. The summed E-state index contributed by atoms with van der Waals surface area (Å²) in [7, 11) is -3.06. The van der Waals surface area contributed by atoms with Gasteiger partial charge in [-0.15, -0.1) is 0 Å². The molecule has 62 heavy (non-hydrogen) atoms. The Bertz CT molecular complexity index is 3720. The van der Waals surface area contributed by atoms with Crippen LogP contribution in [0, 0.1) is 22.7 Å². The van der Waals surface area contributed by atoms with E-state index in [9.17, 15) is 10.5 Å². The molecule has 0 N–H and O–H groups in total. The molecule has 6 nitrogen and oxygen atoms in total. The number of fused-ring (bicyclic) bond motifs is 10. The van der Waals surface area contributed by atoms with Crippen LogP contribution in [0.3, 0.4) is 0 Å². The van der Waals surface area contributed by atoms with E-state index in [-0.39, 0.29) is 0 Å². The predicted molar refractivity (Wildman–Crippen MR) is 253 cm³/mol. The lowest BCUT2D eigenvalue weighted by Crippen LogP contribution is -2.74. The van der Waals surface area contributed by atoms with Crippen molar-refractivity contribution in [3.8, 4) is 23.5 Å². The molecule has 7 heteroatoms. The maximum atomic E-state index is 9.86. The molecule has 12 rings (SSSR count). The van der Waals surface area contributed by atoms with Crippen molar-refractivity contribution in [2.45, 2.75) is 0 Å². The van der Waals surface area contributed by atoms with Gasteiger partial charge in [-0.05, 0) is 112 Å². The summed E-state index contributed by atoms with van der Waals surface area (Å²) in [5.41, 5.74) is 9.06. The predicted octanol–water partition coefficient (Wildman–Crippen LogP) is 10.3. The van der Waals surface area contributed by atoms with Gasteiger partial charge in [-0.2, -0.15) is 10.5 Å². The van der Waals surface area contributed by atoms with Crippen LogP contribution in [-0.4, -0.2) is 22.2 Å². The SMILES string of the molecule is N#Cc1ccc2c(c1)c1cc(C#N)ccc1n2-c1cccc([Si](c2ccccc2)(c2ccncc2)c2ccc(-n3c4ccccc4c4ccc5c6ccccc6oc5c43)cc2)c1. The summed E-state index contributed by atoms with van der Waals surface area (Å²) in [5.74, 6) is 0. The Morgan fingerprint density at radius 3 is 1.74 bits per heavy atom. The quantitative estimate of drug-likeness (QED) is 0.124. The number of furan rings is 1. The summed E-state index contributed by atoms with van der Waals surface area (Å²) in [6, 6.07) is 70.9. The van der Waals surface area contributed by atoms with Gasteiger partial charge in [0.2, 0.25) is 0 Å². The molecule has 0 aliphatic rings. The molecule has 0 aliphatic carbocycles. The zero-order chi connectivity index (χ0) is 41.4. The molecule has 0 bridgehead atoms. The summed E-state index contributed by atoms with van der Waals surface area (Å²) in [4.78, 5) is 4.50. The maximum absolute atomic E-state index is 9.86. The van der Waals surface area contributed by atoms with E-state index in [1.165, 1.54) is 26.1 Å². The van der Waals surface area contributed by atoms with Crippen LogP contribution in [0.4, 0.5) is 0 Å². The fourth-order valence-electron chi connectivity index (χ4n) is 9.97. The number of nitriles is 2. The van der Waals surface area contributed by atoms with Gasteiger partial charge in [0.15, 0.2) is 13.7 Å². The van der Waals surface area contributed by atoms with Crippen LogP contribution in [-0.2, 0) is 0 Å². The first-order chi connectivity index (χ1) is 30.6. The van der Waals surface area contributed by atoms with E-state index in [4.69, 9.17) is 4.42 Å². The Hall–Kier alpha value is -8.49. The summed E-state index contributed by atoms with van der Waals surface area (Å²) in [6.45, 7) is 0. The van der Waals surface area contributed by atoms with Gasteiger partial charge in [-0.3, -0.25) is 4.98 Å². The topological polar surface area (TPSA) is 83.5 Å². The number of benzene rings is 8. The molecule has 1 atom stereocenters. The first-order valence-corrected chi connectivity index (χ1v) is 22.6. The molecular weight excluding hydrogens is 775 g/mol. The van der Waals surface area contributed by atoms with Crippen LogP contribution < -0.4 is 20.7 Å². The highest BCUT2D eigenvalue weighted by Gasteiger charge is 2.42. The molecule has 0 saturated carbocycles. The van der Waals surface area contributed by atoms with E-state index in [1.807, 2.05) is 60.9 Å². The van der Waals surface area contributed by atoms with Crippen molar-refractivity contribution in [3.05, 3.63) is 212 Å². The molecule has 0 spiro atoms. The van der Waals surface area contributed by atoms with Gasteiger partial charge >= 0.3 is 0 Å². The van der Waals surface area contributed by atoms with Crippen molar-refractivity contribution in [2.24, 2.45) is 0 Å². The van der Waals surface area contributed by atoms with E-state index in [0.717, 1.165) is 71.5 Å². The van der Waals surface area contributed by atoms with E-state index < -0.39 is 8.07 Å². The third kappa shape index (κ3) is 5.10. The molecule has 0 saturated heterocycles. The Kier molecular flexibility index (Phi) is 7.88. The maximum Gasteiger partial charge on any atom is 0.179 e. The summed E-state index contributed by atoms with van der Waals surface area (Å²) in [5, 5.41) is 31.0. The Morgan fingerprint density at radius 2 is 1.02 bits per heavy atom. The number of pyridine rings is 1. The van der Waals surface area contributed by atoms with E-state index >= 15 is 0 Å². The highest BCUT2D eigenvalue weighted by molar-refractivity contribution is 7.19. The van der Waals surface area contributed by atoms with E-state index in [1.54, 1.807) is 0 Å². The lowest BCUT2D eigenvalue weighted by Gasteiger charge is -2.34. The molecule has 0 radical (unpaired) electrons. The van der Waals surface area contributed by atoms with Gasteiger partial charge in [0.25, 0.3) is 0 Å². The lowest BCUT2D eigenvalue weighted by molar-refractivity contribution is 0.671. The van der Waals surface area contributed by atoms with Crippen LogP contribution in [0.5, 0.6) is 0 Å². The molecule has 0 amide bonds. The third-order valence-electron chi connectivity index (χ3n) is 12.6. The van der Waals surface area contributed by atoms with Gasteiger partial charge in [0, 0.05) is 56.1 Å². The van der Waals surface area contributed by atoms with Gasteiger partial charge in [-0.1, -0.05) is 97.1 Å². The second kappa shape index (κ2) is 13.8. The highest BCUT2D eigenvalue weighted by Crippen LogP contribution is 2.40. The normalized spacial score (nSPS) is 12.6. The number of hydrogen-bond donors (Lipinski definition) is 0. The number of hydrogen-bond acceptors (Lipinski definition) is 4. The van der Waals surface area contributed by atoms with E-state index in [0.29, 0.717) is 11.1 Å².